The number of likely N-dealkylation sites (tertiary alicyclic amines) is 1. The predicted molar refractivity (Wildman–Crippen MR) is 164 cm³/mol. The molecule has 2 aromatic rings. The van der Waals surface area contributed by atoms with Crippen molar-refractivity contribution >= 4 is 23.5 Å². The van der Waals surface area contributed by atoms with E-state index in [1.807, 2.05) is 69.3 Å². The molecule has 1 N–H and O–H groups in total. The Balaban J connectivity index is 1.66. The lowest BCUT2D eigenvalue weighted by Crippen LogP contribution is -2.59. The molecule has 1 spiro atoms. The molecular formula is C35H42N2O6. The van der Waals surface area contributed by atoms with E-state index in [1.165, 1.54) is 11.0 Å². The summed E-state index contributed by atoms with van der Waals surface area (Å²) in [5.74, 6) is -2.98. The van der Waals surface area contributed by atoms with Crippen LogP contribution in [0.3, 0.4) is 0 Å². The summed E-state index contributed by atoms with van der Waals surface area (Å²) in [4.78, 5) is 46.5. The van der Waals surface area contributed by atoms with Gasteiger partial charge in [-0.05, 0) is 62.3 Å². The van der Waals surface area contributed by atoms with Gasteiger partial charge in [0.2, 0.25) is 5.91 Å². The summed E-state index contributed by atoms with van der Waals surface area (Å²) in [5, 5.41) is 10.7. The van der Waals surface area contributed by atoms with Crippen molar-refractivity contribution < 1.29 is 29.0 Å². The maximum Gasteiger partial charge on any atom is 0.313 e. The lowest BCUT2D eigenvalue weighted by molar-refractivity contribution is -0.161. The Morgan fingerprint density at radius 3 is 2.56 bits per heavy atom. The van der Waals surface area contributed by atoms with Crippen LogP contribution < -0.4 is 4.90 Å². The second-order valence-electron chi connectivity index (χ2n) is 12.1. The number of aliphatic hydroxyl groups is 1. The van der Waals surface area contributed by atoms with Crippen LogP contribution in [0.15, 0.2) is 73.8 Å². The second-order valence-corrected chi connectivity index (χ2v) is 12.1. The van der Waals surface area contributed by atoms with Gasteiger partial charge in [0, 0.05) is 12.2 Å². The molecule has 2 aromatic carbocycles. The summed E-state index contributed by atoms with van der Waals surface area (Å²) in [7, 11) is 0. The molecular weight excluding hydrogens is 544 g/mol. The Bertz CT molecular complexity index is 1410. The summed E-state index contributed by atoms with van der Waals surface area (Å²) in [6.07, 6.45) is 4.95. The molecule has 5 rings (SSSR count). The molecule has 0 aliphatic carbocycles. The molecule has 2 bridgehead atoms. The first-order valence-corrected chi connectivity index (χ1v) is 15.1. The fourth-order valence-electron chi connectivity index (χ4n) is 7.65. The van der Waals surface area contributed by atoms with E-state index >= 15 is 0 Å². The predicted octanol–water partition coefficient (Wildman–Crippen LogP) is 4.31. The number of nitrogens with zero attached hydrogens (tertiary/aromatic N) is 2. The Labute approximate surface area is 254 Å². The Morgan fingerprint density at radius 2 is 1.91 bits per heavy atom. The van der Waals surface area contributed by atoms with Crippen LogP contribution in [0.25, 0.3) is 0 Å². The van der Waals surface area contributed by atoms with Crippen molar-refractivity contribution in [1.82, 2.24) is 4.90 Å². The topological polar surface area (TPSA) is 96.4 Å². The summed E-state index contributed by atoms with van der Waals surface area (Å²) < 4.78 is 12.4. The number of aryl methyl sites for hydroxylation is 2. The monoisotopic (exact) mass is 586 g/mol. The highest BCUT2D eigenvalue weighted by Gasteiger charge is 2.79. The number of carbonyl (C=O) groups excluding carboxylic acids is 3. The number of ether oxygens (including phenoxy) is 2. The number of anilines is 1. The molecule has 3 heterocycles. The van der Waals surface area contributed by atoms with Crippen molar-refractivity contribution in [3.8, 4) is 0 Å². The van der Waals surface area contributed by atoms with Crippen molar-refractivity contribution in [3.05, 3.63) is 90.5 Å². The summed E-state index contributed by atoms with van der Waals surface area (Å²) >= 11 is 0. The van der Waals surface area contributed by atoms with E-state index in [2.05, 4.69) is 13.2 Å². The largest absolute Gasteiger partial charge is 0.461 e. The fraction of sp³-hybridized carbons (Fsp3) is 0.457. The third kappa shape index (κ3) is 5.00. The first kappa shape index (κ1) is 30.7. The summed E-state index contributed by atoms with van der Waals surface area (Å²) in [5.41, 5.74) is 1.37. The zero-order chi connectivity index (χ0) is 30.9. The van der Waals surface area contributed by atoms with Gasteiger partial charge >= 0.3 is 5.97 Å². The number of rotatable bonds is 12. The SMILES string of the molecule is C=CCOC(=O)[C@@H]1[C@H]2C(=O)N([C@@H](CO)Cc3ccccc3)C(C(=O)N(CC=C)c3cc(C)ccc3C)C23CC[C@@]1(CC)O3. The van der Waals surface area contributed by atoms with Crippen LogP contribution in [0.4, 0.5) is 5.69 Å². The lowest BCUT2D eigenvalue weighted by Gasteiger charge is -2.40. The lowest BCUT2D eigenvalue weighted by atomic mass is 9.65. The van der Waals surface area contributed by atoms with Gasteiger partial charge in [-0.3, -0.25) is 14.4 Å². The molecule has 8 heteroatoms. The molecule has 6 atom stereocenters. The maximum absolute atomic E-state index is 15.0. The van der Waals surface area contributed by atoms with Crippen molar-refractivity contribution in [3.63, 3.8) is 0 Å². The van der Waals surface area contributed by atoms with Crippen LogP contribution in [-0.2, 0) is 30.3 Å². The molecule has 8 nitrogen and oxygen atoms in total. The van der Waals surface area contributed by atoms with Crippen molar-refractivity contribution in [1.29, 1.82) is 0 Å². The highest BCUT2D eigenvalue weighted by atomic mass is 16.6. The van der Waals surface area contributed by atoms with Gasteiger partial charge in [0.25, 0.3) is 5.91 Å². The molecule has 3 aliphatic heterocycles. The van der Waals surface area contributed by atoms with Crippen molar-refractivity contribution in [2.75, 3.05) is 24.7 Å². The van der Waals surface area contributed by atoms with Gasteiger partial charge < -0.3 is 24.4 Å². The Kier molecular flexibility index (Phi) is 8.63. The van der Waals surface area contributed by atoms with Gasteiger partial charge in [0.15, 0.2) is 0 Å². The quantitative estimate of drug-likeness (QED) is 0.294. The third-order valence-corrected chi connectivity index (χ3v) is 9.60. The number of carbonyl (C=O) groups is 3. The zero-order valence-corrected chi connectivity index (χ0v) is 25.3. The molecule has 0 aromatic heterocycles. The van der Waals surface area contributed by atoms with E-state index in [1.54, 1.807) is 11.0 Å². The van der Waals surface area contributed by atoms with Gasteiger partial charge in [-0.2, -0.15) is 0 Å². The summed E-state index contributed by atoms with van der Waals surface area (Å²) in [6, 6.07) is 13.7. The normalized spacial score (nSPS) is 28.0. The van der Waals surface area contributed by atoms with Crippen LogP contribution >= 0.6 is 0 Å². The Hall–Kier alpha value is -3.75. The van der Waals surface area contributed by atoms with Gasteiger partial charge in [0.1, 0.15) is 24.2 Å². The third-order valence-electron chi connectivity index (χ3n) is 9.60. The van der Waals surface area contributed by atoms with E-state index in [0.717, 1.165) is 22.4 Å². The molecule has 0 radical (unpaired) electrons. The number of aliphatic hydroxyl groups excluding tert-OH is 1. The van der Waals surface area contributed by atoms with Gasteiger partial charge in [0.05, 0.1) is 24.2 Å². The van der Waals surface area contributed by atoms with E-state index in [0.29, 0.717) is 25.7 Å². The van der Waals surface area contributed by atoms with E-state index in [9.17, 15) is 19.5 Å². The molecule has 3 saturated heterocycles. The van der Waals surface area contributed by atoms with Gasteiger partial charge in [-0.25, -0.2) is 0 Å². The number of fused-ring (bicyclic) bond motifs is 1. The van der Waals surface area contributed by atoms with Crippen LogP contribution in [-0.4, -0.2) is 70.8 Å². The second kappa shape index (κ2) is 12.1. The minimum atomic E-state index is -1.25. The number of amides is 2. The standard InChI is InChI=1S/C35H42N2O6/c1-6-18-36(27-20-23(4)14-15-24(27)5)32(40)30-35-17-16-34(8-3,43-35)29(33(41)42-19-7-2)28(35)31(39)37(30)26(22-38)21-25-12-10-9-11-13-25/h6-7,9-15,20,26,28-30,38H,1-2,8,16-19,21-22H2,3-5H3/t26-,28+,29+,30?,34-,35?/m1/s1. The number of hydrogen-bond acceptors (Lipinski definition) is 6. The van der Waals surface area contributed by atoms with Crippen LogP contribution in [0.5, 0.6) is 0 Å². The van der Waals surface area contributed by atoms with Crippen molar-refractivity contribution in [2.24, 2.45) is 11.8 Å². The number of esters is 1. The zero-order valence-electron chi connectivity index (χ0n) is 25.3. The summed E-state index contributed by atoms with van der Waals surface area (Å²) in [6.45, 7) is 13.3. The highest BCUT2D eigenvalue weighted by molar-refractivity contribution is 6.05. The number of hydrogen-bond donors (Lipinski definition) is 1. The minimum absolute atomic E-state index is 0.0160. The molecule has 2 amide bonds. The van der Waals surface area contributed by atoms with Crippen LogP contribution in [0.2, 0.25) is 0 Å². The van der Waals surface area contributed by atoms with Crippen LogP contribution in [0, 0.1) is 25.7 Å². The van der Waals surface area contributed by atoms with E-state index in [4.69, 9.17) is 9.47 Å². The molecule has 0 saturated carbocycles. The molecule has 3 aliphatic rings. The van der Waals surface area contributed by atoms with Gasteiger partial charge in [-0.15, -0.1) is 6.58 Å². The molecule has 3 fully saturated rings. The molecule has 228 valence electrons. The number of benzene rings is 2. The molecule has 43 heavy (non-hydrogen) atoms. The first-order chi connectivity index (χ1) is 20.7. The first-order valence-electron chi connectivity index (χ1n) is 15.1. The fourth-order valence-corrected chi connectivity index (χ4v) is 7.65. The maximum atomic E-state index is 15.0. The average molecular weight is 587 g/mol. The minimum Gasteiger partial charge on any atom is -0.461 e. The van der Waals surface area contributed by atoms with E-state index < -0.39 is 41.1 Å². The van der Waals surface area contributed by atoms with Crippen LogP contribution in [0.1, 0.15) is 42.9 Å². The van der Waals surface area contributed by atoms with Crippen molar-refractivity contribution in [2.45, 2.75) is 69.7 Å². The highest BCUT2D eigenvalue weighted by Crippen LogP contribution is 2.65. The van der Waals surface area contributed by atoms with E-state index in [-0.39, 0.29) is 31.6 Å². The Morgan fingerprint density at radius 1 is 1.16 bits per heavy atom. The van der Waals surface area contributed by atoms with Gasteiger partial charge in [-0.1, -0.05) is 68.1 Å². The smallest absolute Gasteiger partial charge is 0.313 e. The average Bonchev–Trinajstić information content (AvgIpc) is 3.62. The molecule has 2 unspecified atom stereocenters.